The van der Waals surface area contributed by atoms with Crippen molar-refractivity contribution in [1.82, 2.24) is 9.55 Å². The van der Waals surface area contributed by atoms with E-state index in [4.69, 9.17) is 17.0 Å². The molecule has 2 N–H and O–H groups in total. The number of nitrogens with one attached hydrogen (secondary N) is 1. The summed E-state index contributed by atoms with van der Waals surface area (Å²) in [5.41, 5.74) is 0.387. The Bertz CT molecular complexity index is 1080. The van der Waals surface area contributed by atoms with E-state index < -0.39 is 5.56 Å². The Morgan fingerprint density at radius 1 is 1.14 bits per heavy atom. The largest absolute Gasteiger partial charge is 0.494 e. The highest BCUT2D eigenvalue weighted by Gasteiger charge is 2.12. The van der Waals surface area contributed by atoms with Gasteiger partial charge >= 0.3 is 0 Å². The van der Waals surface area contributed by atoms with Crippen LogP contribution in [-0.4, -0.2) is 14.7 Å². The predicted molar refractivity (Wildman–Crippen MR) is 114 cm³/mol. The lowest BCUT2D eigenvalue weighted by Crippen LogP contribution is -2.16. The third-order valence-corrected chi connectivity index (χ3v) is 4.71. The standard InChI is InChI=1S/C22H22N2O3S/c1-3-15(2)9-14-19-20(25)23-22(28)24(21(19)26)16-10-12-18(13-11-16)27-17-7-5-4-6-8-17/h4-15,26H,3H2,1-2H3,(H,23,25,28). The molecule has 0 aliphatic heterocycles. The Balaban J connectivity index is 1.96. The summed E-state index contributed by atoms with van der Waals surface area (Å²) in [5, 5.41) is 10.7. The molecular weight excluding hydrogens is 372 g/mol. The van der Waals surface area contributed by atoms with Gasteiger partial charge in [0.05, 0.1) is 11.3 Å². The maximum atomic E-state index is 12.2. The van der Waals surface area contributed by atoms with Gasteiger partial charge in [0.1, 0.15) is 11.5 Å². The van der Waals surface area contributed by atoms with Crippen molar-refractivity contribution >= 4 is 18.3 Å². The number of nitrogens with zero attached hydrogens (tertiary/aromatic N) is 1. The number of rotatable bonds is 6. The summed E-state index contributed by atoms with van der Waals surface area (Å²) < 4.78 is 7.34. The average molecular weight is 394 g/mol. The number of aromatic nitrogens is 2. The van der Waals surface area contributed by atoms with Gasteiger partial charge in [0.15, 0.2) is 4.77 Å². The summed E-state index contributed by atoms with van der Waals surface area (Å²) in [4.78, 5) is 14.9. The van der Waals surface area contributed by atoms with E-state index in [9.17, 15) is 9.90 Å². The van der Waals surface area contributed by atoms with Crippen LogP contribution in [0.5, 0.6) is 17.4 Å². The predicted octanol–water partition coefficient (Wildman–Crippen LogP) is 5.45. The number of H-pyrrole nitrogens is 1. The van der Waals surface area contributed by atoms with Gasteiger partial charge in [-0.1, -0.05) is 44.5 Å². The fourth-order valence-electron chi connectivity index (χ4n) is 2.61. The first-order valence-corrected chi connectivity index (χ1v) is 9.50. The number of hydrogen-bond donors (Lipinski definition) is 2. The van der Waals surface area contributed by atoms with Crippen molar-refractivity contribution in [2.24, 2.45) is 5.92 Å². The van der Waals surface area contributed by atoms with E-state index in [1.54, 1.807) is 30.3 Å². The van der Waals surface area contributed by atoms with Gasteiger partial charge in [-0.2, -0.15) is 0 Å². The Kier molecular flexibility index (Phi) is 6.11. The van der Waals surface area contributed by atoms with E-state index in [1.165, 1.54) is 4.57 Å². The van der Waals surface area contributed by atoms with E-state index in [0.29, 0.717) is 17.4 Å². The third kappa shape index (κ3) is 4.40. The Morgan fingerprint density at radius 2 is 1.79 bits per heavy atom. The molecule has 0 bridgehead atoms. The molecule has 0 saturated carbocycles. The first kappa shape index (κ1) is 19.6. The smallest absolute Gasteiger partial charge is 0.262 e. The molecule has 3 rings (SSSR count). The van der Waals surface area contributed by atoms with Crippen LogP contribution in [0.25, 0.3) is 11.8 Å². The molecule has 3 aromatic rings. The van der Waals surface area contributed by atoms with Crippen LogP contribution in [0.2, 0.25) is 0 Å². The Labute approximate surface area is 168 Å². The van der Waals surface area contributed by atoms with Crippen molar-refractivity contribution in [2.75, 3.05) is 0 Å². The molecule has 144 valence electrons. The minimum atomic E-state index is -0.415. The molecular formula is C22H22N2O3S. The van der Waals surface area contributed by atoms with Gasteiger partial charge in [-0.05, 0) is 60.6 Å². The zero-order chi connectivity index (χ0) is 20.1. The van der Waals surface area contributed by atoms with Crippen LogP contribution in [-0.2, 0) is 0 Å². The Hall–Kier alpha value is -3.12. The minimum Gasteiger partial charge on any atom is -0.494 e. The highest BCUT2D eigenvalue weighted by atomic mass is 32.1. The zero-order valence-electron chi connectivity index (χ0n) is 15.8. The molecule has 1 heterocycles. The molecule has 0 fully saturated rings. The molecule has 0 aliphatic rings. The SMILES string of the molecule is CCC(C)C=Cc1c(O)n(-c2ccc(Oc3ccccc3)cc2)c(=S)[nH]c1=O. The minimum absolute atomic E-state index is 0.125. The van der Waals surface area contributed by atoms with Crippen LogP contribution < -0.4 is 10.3 Å². The highest BCUT2D eigenvalue weighted by molar-refractivity contribution is 7.71. The van der Waals surface area contributed by atoms with Crippen LogP contribution in [0.4, 0.5) is 0 Å². The lowest BCUT2D eigenvalue weighted by molar-refractivity contribution is 0.431. The molecule has 5 nitrogen and oxygen atoms in total. The second kappa shape index (κ2) is 8.71. The number of aromatic amines is 1. The van der Waals surface area contributed by atoms with Crippen molar-refractivity contribution in [2.45, 2.75) is 20.3 Å². The number of ether oxygens (including phenoxy) is 1. The van der Waals surface area contributed by atoms with E-state index >= 15 is 0 Å². The first-order chi connectivity index (χ1) is 13.5. The summed E-state index contributed by atoms with van der Waals surface area (Å²) in [6, 6.07) is 16.6. The van der Waals surface area contributed by atoms with Crippen molar-refractivity contribution in [3.05, 3.63) is 81.4 Å². The molecule has 6 heteroatoms. The van der Waals surface area contributed by atoms with Gasteiger partial charge in [-0.25, -0.2) is 0 Å². The Morgan fingerprint density at radius 3 is 2.43 bits per heavy atom. The van der Waals surface area contributed by atoms with Gasteiger partial charge in [0, 0.05) is 0 Å². The van der Waals surface area contributed by atoms with E-state index in [2.05, 4.69) is 11.9 Å². The van der Waals surface area contributed by atoms with Crippen molar-refractivity contribution < 1.29 is 9.84 Å². The lowest BCUT2D eigenvalue weighted by Gasteiger charge is -2.12. The highest BCUT2D eigenvalue weighted by Crippen LogP contribution is 2.25. The number of para-hydroxylation sites is 1. The van der Waals surface area contributed by atoms with Gasteiger partial charge in [-0.15, -0.1) is 0 Å². The van der Waals surface area contributed by atoms with Crippen LogP contribution in [0.3, 0.4) is 0 Å². The normalized spacial score (nSPS) is 12.2. The number of hydrogen-bond acceptors (Lipinski definition) is 4. The summed E-state index contributed by atoms with van der Waals surface area (Å²) in [7, 11) is 0. The maximum Gasteiger partial charge on any atom is 0.262 e. The fourth-order valence-corrected chi connectivity index (χ4v) is 2.90. The second-order valence-corrected chi connectivity index (χ2v) is 6.87. The van der Waals surface area contributed by atoms with Gasteiger partial charge in [-0.3, -0.25) is 14.3 Å². The molecule has 1 aromatic heterocycles. The van der Waals surface area contributed by atoms with Gasteiger partial charge in [0.2, 0.25) is 5.88 Å². The van der Waals surface area contributed by atoms with Gasteiger partial charge in [0.25, 0.3) is 5.56 Å². The topological polar surface area (TPSA) is 67.2 Å². The maximum absolute atomic E-state index is 12.2. The van der Waals surface area contributed by atoms with Crippen LogP contribution in [0.1, 0.15) is 25.8 Å². The quantitative estimate of drug-likeness (QED) is 0.545. The number of benzene rings is 2. The van der Waals surface area contributed by atoms with Crippen LogP contribution >= 0.6 is 12.2 Å². The number of aromatic hydroxyl groups is 1. The molecule has 2 aromatic carbocycles. The second-order valence-electron chi connectivity index (χ2n) is 6.49. The van der Waals surface area contributed by atoms with Crippen LogP contribution in [0, 0.1) is 10.7 Å². The molecule has 0 radical (unpaired) electrons. The summed E-state index contributed by atoms with van der Waals surface area (Å²) in [6.07, 6.45) is 4.48. The summed E-state index contributed by atoms with van der Waals surface area (Å²) in [6.45, 7) is 4.10. The summed E-state index contributed by atoms with van der Waals surface area (Å²) >= 11 is 5.26. The lowest BCUT2D eigenvalue weighted by atomic mass is 10.1. The number of allylic oxidation sites excluding steroid dienone is 1. The average Bonchev–Trinajstić information content (AvgIpc) is 2.69. The van der Waals surface area contributed by atoms with Crippen molar-refractivity contribution in [3.63, 3.8) is 0 Å². The van der Waals surface area contributed by atoms with Crippen LogP contribution in [0.15, 0.2) is 65.5 Å². The molecule has 0 spiro atoms. The fraction of sp³-hybridized carbons (Fsp3) is 0.182. The summed E-state index contributed by atoms with van der Waals surface area (Å²) in [5.74, 6) is 1.49. The van der Waals surface area contributed by atoms with Gasteiger partial charge < -0.3 is 9.84 Å². The first-order valence-electron chi connectivity index (χ1n) is 9.09. The van der Waals surface area contributed by atoms with E-state index in [0.717, 1.165) is 12.2 Å². The van der Waals surface area contributed by atoms with Crippen molar-refractivity contribution in [3.8, 4) is 23.1 Å². The molecule has 1 atom stereocenters. The zero-order valence-corrected chi connectivity index (χ0v) is 16.6. The van der Waals surface area contributed by atoms with E-state index in [-0.39, 0.29) is 16.2 Å². The third-order valence-electron chi connectivity index (χ3n) is 4.43. The monoisotopic (exact) mass is 394 g/mol. The van der Waals surface area contributed by atoms with Crippen molar-refractivity contribution in [1.29, 1.82) is 0 Å². The molecule has 0 amide bonds. The molecule has 1 unspecified atom stereocenters. The molecule has 28 heavy (non-hydrogen) atoms. The molecule has 0 saturated heterocycles. The van der Waals surface area contributed by atoms with E-state index in [1.807, 2.05) is 43.3 Å². The molecule has 0 aliphatic carbocycles.